The van der Waals surface area contributed by atoms with Crippen molar-refractivity contribution in [3.05, 3.63) is 53.9 Å². The van der Waals surface area contributed by atoms with E-state index in [9.17, 15) is 0 Å². The van der Waals surface area contributed by atoms with Crippen LogP contribution in [0, 0.1) is 0 Å². The van der Waals surface area contributed by atoms with E-state index in [1.54, 1.807) is 0 Å². The van der Waals surface area contributed by atoms with Crippen LogP contribution in [0.25, 0.3) is 0 Å². The van der Waals surface area contributed by atoms with Crippen LogP contribution in [-0.2, 0) is 24.4 Å². The van der Waals surface area contributed by atoms with Gasteiger partial charge >= 0.3 is 0 Å². The highest BCUT2D eigenvalue weighted by molar-refractivity contribution is 5.27. The number of benzene rings is 1. The van der Waals surface area contributed by atoms with Crippen LogP contribution in [0.2, 0.25) is 0 Å². The van der Waals surface area contributed by atoms with Crippen molar-refractivity contribution < 1.29 is 4.74 Å². The van der Waals surface area contributed by atoms with Crippen molar-refractivity contribution in [3.63, 3.8) is 0 Å². The minimum absolute atomic E-state index is 0.381. The van der Waals surface area contributed by atoms with E-state index in [1.165, 1.54) is 11.1 Å². The van der Waals surface area contributed by atoms with E-state index in [2.05, 4.69) is 46.5 Å². The van der Waals surface area contributed by atoms with Gasteiger partial charge in [-0.3, -0.25) is 9.58 Å². The van der Waals surface area contributed by atoms with Crippen molar-refractivity contribution in [3.8, 4) is 0 Å². The predicted octanol–water partition coefficient (Wildman–Crippen LogP) is 1.89. The number of ether oxygens (including phenoxy) is 1. The zero-order valence-corrected chi connectivity index (χ0v) is 13.8. The third kappa shape index (κ3) is 4.89. The van der Waals surface area contributed by atoms with Gasteiger partial charge < -0.3 is 10.1 Å². The lowest BCUT2D eigenvalue weighted by Crippen LogP contribution is -2.36. The minimum atomic E-state index is 0.381. The van der Waals surface area contributed by atoms with Crippen LogP contribution in [-0.4, -0.2) is 47.0 Å². The van der Waals surface area contributed by atoms with Gasteiger partial charge in [-0.15, -0.1) is 0 Å². The van der Waals surface area contributed by atoms with Crippen LogP contribution in [0.15, 0.2) is 42.7 Å². The molecule has 2 heterocycles. The number of nitrogens with zero attached hydrogens (tertiary/aromatic N) is 3. The fourth-order valence-corrected chi connectivity index (χ4v) is 2.92. The molecule has 2 aromatic rings. The topological polar surface area (TPSA) is 42.3 Å². The summed E-state index contributed by atoms with van der Waals surface area (Å²) in [5.74, 6) is 0. The molecule has 1 N–H and O–H groups in total. The van der Waals surface area contributed by atoms with Gasteiger partial charge in [0.25, 0.3) is 0 Å². The standard InChI is InChI=1S/C18H26N4O/c1-16(14-22-8-4-7-20-22)19-13-17-5-2-3-6-18(17)15-21-9-11-23-12-10-21/h2-8,16,19H,9-15H2,1H3. The summed E-state index contributed by atoms with van der Waals surface area (Å²) in [6.07, 6.45) is 3.83. The Bertz CT molecular complexity index is 578. The largest absolute Gasteiger partial charge is 0.379 e. The summed E-state index contributed by atoms with van der Waals surface area (Å²) in [4.78, 5) is 2.47. The quantitative estimate of drug-likeness (QED) is 0.847. The Labute approximate surface area is 138 Å². The first-order valence-corrected chi connectivity index (χ1v) is 8.39. The highest BCUT2D eigenvalue weighted by Gasteiger charge is 2.13. The first-order valence-electron chi connectivity index (χ1n) is 8.39. The molecular formula is C18H26N4O. The first-order chi connectivity index (χ1) is 11.3. The average molecular weight is 314 g/mol. The Morgan fingerprint density at radius 3 is 2.70 bits per heavy atom. The predicted molar refractivity (Wildman–Crippen MR) is 91.1 cm³/mol. The third-order valence-corrected chi connectivity index (χ3v) is 4.28. The van der Waals surface area contributed by atoms with E-state index in [4.69, 9.17) is 4.74 Å². The van der Waals surface area contributed by atoms with Crippen LogP contribution >= 0.6 is 0 Å². The highest BCUT2D eigenvalue weighted by Crippen LogP contribution is 2.13. The number of nitrogens with one attached hydrogen (secondary N) is 1. The molecular weight excluding hydrogens is 288 g/mol. The lowest BCUT2D eigenvalue weighted by Gasteiger charge is -2.27. The molecule has 5 nitrogen and oxygen atoms in total. The van der Waals surface area contributed by atoms with E-state index in [0.29, 0.717) is 6.04 Å². The first kappa shape index (κ1) is 16.2. The molecule has 1 atom stereocenters. The van der Waals surface area contributed by atoms with Gasteiger partial charge in [0.15, 0.2) is 0 Å². The fourth-order valence-electron chi connectivity index (χ4n) is 2.92. The monoisotopic (exact) mass is 314 g/mol. The summed E-state index contributed by atoms with van der Waals surface area (Å²) in [5.41, 5.74) is 2.79. The minimum Gasteiger partial charge on any atom is -0.379 e. The normalized spacial score (nSPS) is 17.3. The second-order valence-electron chi connectivity index (χ2n) is 6.17. The van der Waals surface area contributed by atoms with Crippen molar-refractivity contribution >= 4 is 0 Å². The number of morpholine rings is 1. The smallest absolute Gasteiger partial charge is 0.0594 e. The molecule has 1 aromatic heterocycles. The summed E-state index contributed by atoms with van der Waals surface area (Å²) in [5, 5.41) is 7.88. The SMILES string of the molecule is CC(Cn1cccn1)NCc1ccccc1CN1CCOCC1. The van der Waals surface area contributed by atoms with Crippen molar-refractivity contribution in [2.24, 2.45) is 0 Å². The fraction of sp³-hybridized carbons (Fsp3) is 0.500. The number of aromatic nitrogens is 2. The van der Waals surface area contributed by atoms with Crippen molar-refractivity contribution in [1.29, 1.82) is 0 Å². The van der Waals surface area contributed by atoms with Crippen LogP contribution in [0.5, 0.6) is 0 Å². The Kier molecular flexibility index (Phi) is 5.80. The number of rotatable bonds is 7. The zero-order chi connectivity index (χ0) is 15.9. The summed E-state index contributed by atoms with van der Waals surface area (Å²) in [6.45, 7) is 8.74. The third-order valence-electron chi connectivity index (χ3n) is 4.28. The van der Waals surface area contributed by atoms with Crippen molar-refractivity contribution in [2.75, 3.05) is 26.3 Å². The molecule has 23 heavy (non-hydrogen) atoms. The van der Waals surface area contributed by atoms with Crippen LogP contribution in [0.4, 0.5) is 0 Å². The maximum Gasteiger partial charge on any atom is 0.0594 e. The van der Waals surface area contributed by atoms with Crippen LogP contribution < -0.4 is 5.32 Å². The van der Waals surface area contributed by atoms with Gasteiger partial charge in [0.2, 0.25) is 0 Å². The summed E-state index contributed by atoms with van der Waals surface area (Å²) < 4.78 is 7.40. The molecule has 0 radical (unpaired) electrons. The van der Waals surface area contributed by atoms with Gasteiger partial charge in [0.05, 0.1) is 19.8 Å². The summed E-state index contributed by atoms with van der Waals surface area (Å²) in [7, 11) is 0. The molecule has 1 fully saturated rings. The van der Waals surface area contributed by atoms with Gasteiger partial charge in [-0.1, -0.05) is 24.3 Å². The van der Waals surface area contributed by atoms with Crippen molar-refractivity contribution in [1.82, 2.24) is 20.0 Å². The van der Waals surface area contributed by atoms with E-state index in [1.807, 2.05) is 23.1 Å². The van der Waals surface area contributed by atoms with Gasteiger partial charge in [0.1, 0.15) is 0 Å². The molecule has 1 saturated heterocycles. The average Bonchev–Trinajstić information content (AvgIpc) is 3.08. The number of hydrogen-bond acceptors (Lipinski definition) is 4. The lowest BCUT2D eigenvalue weighted by molar-refractivity contribution is 0.0340. The maximum atomic E-state index is 5.43. The zero-order valence-electron chi connectivity index (χ0n) is 13.8. The molecule has 1 aliphatic rings. The summed E-state index contributed by atoms with van der Waals surface area (Å²) in [6, 6.07) is 11.1. The molecule has 0 aliphatic carbocycles. The molecule has 0 amide bonds. The molecule has 5 heteroatoms. The molecule has 1 aliphatic heterocycles. The van der Waals surface area contributed by atoms with E-state index in [0.717, 1.165) is 45.9 Å². The van der Waals surface area contributed by atoms with E-state index in [-0.39, 0.29) is 0 Å². The van der Waals surface area contributed by atoms with E-state index < -0.39 is 0 Å². The van der Waals surface area contributed by atoms with Crippen molar-refractivity contribution in [2.45, 2.75) is 32.6 Å². The number of hydrogen-bond donors (Lipinski definition) is 1. The Morgan fingerprint density at radius 2 is 1.96 bits per heavy atom. The Hall–Kier alpha value is -1.69. The van der Waals surface area contributed by atoms with E-state index >= 15 is 0 Å². The molecule has 0 spiro atoms. The second kappa shape index (κ2) is 8.24. The van der Waals surface area contributed by atoms with Gasteiger partial charge in [0, 0.05) is 44.6 Å². The molecule has 1 unspecified atom stereocenters. The molecule has 0 saturated carbocycles. The van der Waals surface area contributed by atoms with Crippen LogP contribution in [0.1, 0.15) is 18.1 Å². The molecule has 1 aromatic carbocycles. The Morgan fingerprint density at radius 1 is 1.17 bits per heavy atom. The molecule has 124 valence electrons. The lowest BCUT2D eigenvalue weighted by atomic mass is 10.1. The highest BCUT2D eigenvalue weighted by atomic mass is 16.5. The van der Waals surface area contributed by atoms with Gasteiger partial charge in [-0.05, 0) is 24.1 Å². The van der Waals surface area contributed by atoms with Gasteiger partial charge in [-0.2, -0.15) is 5.10 Å². The van der Waals surface area contributed by atoms with Gasteiger partial charge in [-0.25, -0.2) is 0 Å². The van der Waals surface area contributed by atoms with Crippen LogP contribution in [0.3, 0.4) is 0 Å². The molecule has 3 rings (SSSR count). The Balaban J connectivity index is 1.54. The second-order valence-corrected chi connectivity index (χ2v) is 6.17. The molecule has 0 bridgehead atoms. The summed E-state index contributed by atoms with van der Waals surface area (Å²) >= 11 is 0. The maximum absolute atomic E-state index is 5.43.